The summed E-state index contributed by atoms with van der Waals surface area (Å²) in [6, 6.07) is 14.8. The first-order valence-corrected chi connectivity index (χ1v) is 11.8. The average molecular weight is 491 g/mol. The molecule has 35 heavy (non-hydrogen) atoms. The molecule has 1 aliphatic heterocycles. The number of H-pyrrole nitrogens is 1. The Morgan fingerprint density at radius 3 is 2.51 bits per heavy atom. The van der Waals surface area contributed by atoms with Gasteiger partial charge in [0.05, 0.1) is 19.2 Å². The second-order valence-corrected chi connectivity index (χ2v) is 9.49. The molecule has 1 unspecified atom stereocenters. The fourth-order valence-electron chi connectivity index (χ4n) is 4.12. The second kappa shape index (κ2) is 10.3. The minimum atomic E-state index is -0.822. The average Bonchev–Trinajstić information content (AvgIpc) is 3.09. The van der Waals surface area contributed by atoms with Crippen molar-refractivity contribution in [2.45, 2.75) is 33.4 Å². The fraction of sp³-hybridized carbons (Fsp3) is 0.250. The van der Waals surface area contributed by atoms with Crippen LogP contribution in [0.15, 0.2) is 72.6 Å². The molecule has 0 bridgehead atoms. The molecule has 180 valence electrons. The number of aromatic nitrogens is 1. The molecule has 2 heterocycles. The number of rotatable bonds is 7. The van der Waals surface area contributed by atoms with Gasteiger partial charge in [-0.05, 0) is 59.9 Å². The molecule has 1 aromatic heterocycles. The van der Waals surface area contributed by atoms with E-state index in [0.717, 1.165) is 11.1 Å². The summed E-state index contributed by atoms with van der Waals surface area (Å²) in [5.74, 6) is -0.908. The van der Waals surface area contributed by atoms with Crippen LogP contribution in [0.3, 0.4) is 0 Å². The van der Waals surface area contributed by atoms with E-state index < -0.39 is 23.5 Å². The number of aryl methyl sites for hydroxylation is 1. The van der Waals surface area contributed by atoms with Crippen LogP contribution in [0.4, 0.5) is 0 Å². The number of likely N-dealkylation sites (tertiary alicyclic amines) is 1. The van der Waals surface area contributed by atoms with Gasteiger partial charge in [-0.1, -0.05) is 49.4 Å². The maximum Gasteiger partial charge on any atom is 0.295 e. The lowest BCUT2D eigenvalue weighted by Crippen LogP contribution is -2.29. The van der Waals surface area contributed by atoms with Gasteiger partial charge >= 0.3 is 0 Å². The zero-order valence-corrected chi connectivity index (χ0v) is 20.6. The number of hydrogen-bond donors (Lipinski definition) is 0. The quantitative estimate of drug-likeness (QED) is 0.285. The van der Waals surface area contributed by atoms with Gasteiger partial charge in [0.25, 0.3) is 5.91 Å². The number of carbonyl (C=O) groups excluding carboxylic acids is 2. The molecule has 0 radical (unpaired) electrons. The molecule has 2 aromatic carbocycles. The summed E-state index contributed by atoms with van der Waals surface area (Å²) in [7, 11) is 0. The first kappa shape index (κ1) is 24.5. The summed E-state index contributed by atoms with van der Waals surface area (Å²) >= 11 is 6.08. The number of Topliss-reactive ketones (excluding diaryl/α,β-unsaturated/α-hetero) is 1. The van der Waals surface area contributed by atoms with E-state index in [-0.39, 0.29) is 12.1 Å². The third kappa shape index (κ3) is 5.23. The van der Waals surface area contributed by atoms with Crippen molar-refractivity contribution in [3.05, 3.63) is 99.8 Å². The lowest BCUT2D eigenvalue weighted by atomic mass is 9.94. The standard InChI is InChI=1S/C28H27ClN2O4/c1-17(2)16-35-23-11-8-21(13-18(23)3)26(32)24-25(20-6-9-22(29)10-7-20)31(28(34)27(24)33)15-19-5-4-12-30-14-19/h4-14,17,25,32H,15-16H2,1-3H3. The molecule has 0 saturated carbocycles. The third-order valence-corrected chi connectivity index (χ3v) is 6.10. The summed E-state index contributed by atoms with van der Waals surface area (Å²) in [5.41, 5.74) is 2.51. The monoisotopic (exact) mass is 490 g/mol. The van der Waals surface area contributed by atoms with Crippen LogP contribution in [0.25, 0.3) is 5.76 Å². The van der Waals surface area contributed by atoms with E-state index >= 15 is 0 Å². The molecule has 1 atom stereocenters. The molecular weight excluding hydrogens is 464 g/mol. The minimum absolute atomic E-state index is 0.0625. The Morgan fingerprint density at radius 1 is 1.14 bits per heavy atom. The molecular formula is C28H27ClN2O4. The van der Waals surface area contributed by atoms with Crippen LogP contribution in [-0.2, 0) is 16.1 Å². The van der Waals surface area contributed by atoms with E-state index in [1.807, 2.05) is 19.1 Å². The van der Waals surface area contributed by atoms with Gasteiger partial charge < -0.3 is 14.7 Å². The lowest BCUT2D eigenvalue weighted by molar-refractivity contribution is -0.378. The van der Waals surface area contributed by atoms with E-state index in [0.29, 0.717) is 34.4 Å². The van der Waals surface area contributed by atoms with Crippen molar-refractivity contribution in [1.29, 1.82) is 0 Å². The van der Waals surface area contributed by atoms with Crippen molar-refractivity contribution in [2.75, 3.05) is 6.61 Å². The van der Waals surface area contributed by atoms with E-state index in [9.17, 15) is 14.7 Å². The second-order valence-electron chi connectivity index (χ2n) is 9.06. The first-order chi connectivity index (χ1) is 16.8. The fourth-order valence-corrected chi connectivity index (χ4v) is 4.24. The zero-order chi connectivity index (χ0) is 25.1. The summed E-state index contributed by atoms with van der Waals surface area (Å²) in [4.78, 5) is 30.7. The number of ketones is 1. The highest BCUT2D eigenvalue weighted by atomic mass is 35.5. The van der Waals surface area contributed by atoms with E-state index in [1.165, 1.54) is 4.90 Å². The molecule has 0 aliphatic carbocycles. The van der Waals surface area contributed by atoms with Crippen LogP contribution in [0.2, 0.25) is 5.02 Å². The molecule has 1 aliphatic rings. The van der Waals surface area contributed by atoms with Gasteiger partial charge in [-0.3, -0.25) is 9.59 Å². The first-order valence-electron chi connectivity index (χ1n) is 11.5. The van der Waals surface area contributed by atoms with Crippen LogP contribution in [0.1, 0.15) is 42.1 Å². The number of nitrogens with one attached hydrogen (secondary N) is 1. The van der Waals surface area contributed by atoms with Crippen LogP contribution in [0.5, 0.6) is 5.75 Å². The van der Waals surface area contributed by atoms with Crippen molar-refractivity contribution < 1.29 is 24.4 Å². The van der Waals surface area contributed by atoms with E-state index in [2.05, 4.69) is 18.8 Å². The topological polar surface area (TPSA) is 83.8 Å². The molecule has 3 aromatic rings. The number of ether oxygens (including phenoxy) is 1. The number of hydrogen-bond acceptors (Lipinski definition) is 4. The van der Waals surface area contributed by atoms with Crippen molar-refractivity contribution in [3.63, 3.8) is 0 Å². The lowest BCUT2D eigenvalue weighted by Gasteiger charge is -2.27. The van der Waals surface area contributed by atoms with Gasteiger partial charge in [0.15, 0.2) is 12.4 Å². The van der Waals surface area contributed by atoms with Crippen LogP contribution >= 0.6 is 11.6 Å². The van der Waals surface area contributed by atoms with Crippen molar-refractivity contribution >= 4 is 29.1 Å². The summed E-state index contributed by atoms with van der Waals surface area (Å²) in [6.07, 6.45) is 3.52. The van der Waals surface area contributed by atoms with Gasteiger partial charge in [-0.15, -0.1) is 0 Å². The number of halogens is 1. The van der Waals surface area contributed by atoms with Gasteiger partial charge in [-0.2, -0.15) is 0 Å². The minimum Gasteiger partial charge on any atom is -0.872 e. The Balaban J connectivity index is 1.78. The van der Waals surface area contributed by atoms with E-state index in [1.54, 1.807) is 54.9 Å². The summed E-state index contributed by atoms with van der Waals surface area (Å²) < 4.78 is 5.82. The van der Waals surface area contributed by atoms with E-state index in [4.69, 9.17) is 16.3 Å². The Morgan fingerprint density at radius 2 is 1.89 bits per heavy atom. The van der Waals surface area contributed by atoms with Crippen molar-refractivity contribution in [3.8, 4) is 5.75 Å². The molecule has 7 heteroatoms. The third-order valence-electron chi connectivity index (χ3n) is 5.85. The summed E-state index contributed by atoms with van der Waals surface area (Å²) in [5, 5.41) is 14.2. The molecule has 1 N–H and O–H groups in total. The number of aromatic amines is 1. The normalized spacial score (nSPS) is 17.3. The predicted molar refractivity (Wildman–Crippen MR) is 131 cm³/mol. The molecule has 4 rings (SSSR count). The van der Waals surface area contributed by atoms with Crippen LogP contribution in [-0.4, -0.2) is 23.2 Å². The Bertz CT molecular complexity index is 1270. The SMILES string of the molecule is Cc1cc(C([O-])=C2C(=O)C(=O)N(Cc3ccc[nH+]c3)C2c2ccc(Cl)cc2)ccc1OCC(C)C. The molecule has 1 saturated heterocycles. The van der Waals surface area contributed by atoms with Crippen LogP contribution < -0.4 is 14.8 Å². The van der Waals surface area contributed by atoms with Gasteiger partial charge in [0.2, 0.25) is 5.78 Å². The smallest absolute Gasteiger partial charge is 0.295 e. The molecule has 1 fully saturated rings. The van der Waals surface area contributed by atoms with Crippen molar-refractivity contribution in [1.82, 2.24) is 4.90 Å². The Labute approximate surface area is 209 Å². The van der Waals surface area contributed by atoms with Gasteiger partial charge in [0.1, 0.15) is 5.75 Å². The molecule has 6 nitrogen and oxygen atoms in total. The zero-order valence-electron chi connectivity index (χ0n) is 19.9. The van der Waals surface area contributed by atoms with Crippen molar-refractivity contribution in [2.24, 2.45) is 5.92 Å². The number of amides is 1. The largest absolute Gasteiger partial charge is 0.872 e. The number of carbonyl (C=O) groups is 2. The highest BCUT2D eigenvalue weighted by Crippen LogP contribution is 2.40. The van der Waals surface area contributed by atoms with Gasteiger partial charge in [-0.25, -0.2) is 4.98 Å². The maximum atomic E-state index is 13.7. The highest BCUT2D eigenvalue weighted by Gasteiger charge is 2.44. The Kier molecular flexibility index (Phi) is 7.22. The Hall–Kier alpha value is -3.64. The predicted octanol–water partition coefficient (Wildman–Crippen LogP) is 3.92. The van der Waals surface area contributed by atoms with Gasteiger partial charge in [0, 0.05) is 22.2 Å². The molecule has 0 spiro atoms. The maximum absolute atomic E-state index is 13.7. The summed E-state index contributed by atoms with van der Waals surface area (Å²) in [6.45, 7) is 6.70. The molecule has 1 amide bonds. The van der Waals surface area contributed by atoms with Crippen LogP contribution in [0, 0.1) is 12.8 Å². The highest BCUT2D eigenvalue weighted by molar-refractivity contribution is 6.46. The number of benzene rings is 2. The number of nitrogens with zero attached hydrogens (tertiary/aromatic N) is 1. The number of pyridine rings is 1.